The summed E-state index contributed by atoms with van der Waals surface area (Å²) in [6.07, 6.45) is 0. The summed E-state index contributed by atoms with van der Waals surface area (Å²) in [7, 11) is 0. The number of carbonyl (C=O) groups is 1. The molecule has 4 nitrogen and oxygen atoms in total. The summed E-state index contributed by atoms with van der Waals surface area (Å²) >= 11 is 0. The second-order valence-electron chi connectivity index (χ2n) is 6.77. The number of hydrogen-bond donors (Lipinski definition) is 1. The predicted octanol–water partition coefficient (Wildman–Crippen LogP) is 5.52. The molecule has 0 aliphatic carbocycles. The van der Waals surface area contributed by atoms with Crippen LogP contribution in [-0.4, -0.2) is 19.1 Å². The zero-order valence-corrected chi connectivity index (χ0v) is 16.2. The number of benzene rings is 3. The van der Waals surface area contributed by atoms with Gasteiger partial charge in [0.15, 0.2) is 0 Å². The van der Waals surface area contributed by atoms with Crippen molar-refractivity contribution >= 4 is 11.6 Å². The van der Waals surface area contributed by atoms with Gasteiger partial charge in [0.1, 0.15) is 24.7 Å². The first kappa shape index (κ1) is 19.5. The van der Waals surface area contributed by atoms with Crippen LogP contribution in [0.3, 0.4) is 0 Å². The Morgan fingerprint density at radius 3 is 1.93 bits per heavy atom. The summed E-state index contributed by atoms with van der Waals surface area (Å²) < 4.78 is 11.3. The Balaban J connectivity index is 1.46. The second kappa shape index (κ2) is 9.60. The highest BCUT2D eigenvalue weighted by molar-refractivity contribution is 6.04. The topological polar surface area (TPSA) is 47.6 Å². The third-order valence-electron chi connectivity index (χ3n) is 4.32. The van der Waals surface area contributed by atoms with Gasteiger partial charge >= 0.3 is 0 Å². The van der Waals surface area contributed by atoms with Crippen LogP contribution in [0.25, 0.3) is 0 Å². The lowest BCUT2D eigenvalue weighted by Crippen LogP contribution is -2.12. The zero-order chi connectivity index (χ0) is 19.8. The first-order chi connectivity index (χ1) is 13.6. The van der Waals surface area contributed by atoms with Gasteiger partial charge in [-0.2, -0.15) is 0 Å². The molecule has 0 saturated heterocycles. The van der Waals surface area contributed by atoms with Gasteiger partial charge in [-0.15, -0.1) is 0 Å². The largest absolute Gasteiger partial charge is 0.490 e. The smallest absolute Gasteiger partial charge is 0.255 e. The first-order valence-electron chi connectivity index (χ1n) is 9.44. The zero-order valence-electron chi connectivity index (χ0n) is 16.2. The maximum atomic E-state index is 12.4. The Morgan fingerprint density at radius 2 is 1.36 bits per heavy atom. The normalized spacial score (nSPS) is 10.5. The molecule has 3 aromatic rings. The molecule has 0 bridgehead atoms. The number of rotatable bonds is 8. The average molecular weight is 375 g/mol. The van der Waals surface area contributed by atoms with Gasteiger partial charge in [0.25, 0.3) is 5.91 Å². The van der Waals surface area contributed by atoms with Crippen molar-refractivity contribution in [3.63, 3.8) is 0 Å². The molecule has 0 heterocycles. The molecule has 0 fully saturated rings. The monoisotopic (exact) mass is 375 g/mol. The van der Waals surface area contributed by atoms with E-state index in [1.165, 1.54) is 5.56 Å². The van der Waals surface area contributed by atoms with Gasteiger partial charge in [-0.1, -0.05) is 44.2 Å². The average Bonchev–Trinajstić information content (AvgIpc) is 2.73. The van der Waals surface area contributed by atoms with Crippen molar-refractivity contribution in [1.82, 2.24) is 0 Å². The van der Waals surface area contributed by atoms with E-state index in [-0.39, 0.29) is 5.91 Å². The highest BCUT2D eigenvalue weighted by Crippen LogP contribution is 2.18. The van der Waals surface area contributed by atoms with Crippen LogP contribution in [0.15, 0.2) is 78.9 Å². The molecule has 3 rings (SSSR count). The van der Waals surface area contributed by atoms with Gasteiger partial charge in [-0.05, 0) is 60.0 Å². The molecule has 3 aromatic carbocycles. The standard InChI is InChI=1S/C24H25NO3/c1-18(2)19-8-10-20(11-9-19)24(26)25-21-12-14-23(15-13-21)28-17-16-27-22-6-4-3-5-7-22/h3-15,18H,16-17H2,1-2H3,(H,25,26). The van der Waals surface area contributed by atoms with Gasteiger partial charge in [0, 0.05) is 11.3 Å². The summed E-state index contributed by atoms with van der Waals surface area (Å²) in [5.41, 5.74) is 2.59. The van der Waals surface area contributed by atoms with Gasteiger partial charge in [-0.3, -0.25) is 4.79 Å². The number of para-hydroxylation sites is 1. The molecule has 4 heteroatoms. The lowest BCUT2D eigenvalue weighted by molar-refractivity contribution is 0.102. The number of anilines is 1. The van der Waals surface area contributed by atoms with Crippen molar-refractivity contribution in [2.24, 2.45) is 0 Å². The van der Waals surface area contributed by atoms with Crippen molar-refractivity contribution in [3.8, 4) is 11.5 Å². The van der Waals surface area contributed by atoms with E-state index in [2.05, 4.69) is 19.2 Å². The molecule has 0 spiro atoms. The SMILES string of the molecule is CC(C)c1ccc(C(=O)Nc2ccc(OCCOc3ccccc3)cc2)cc1. The number of ether oxygens (including phenoxy) is 2. The number of nitrogens with one attached hydrogen (secondary N) is 1. The van der Waals surface area contributed by atoms with Crippen LogP contribution < -0.4 is 14.8 Å². The minimum Gasteiger partial charge on any atom is -0.490 e. The maximum absolute atomic E-state index is 12.4. The molecule has 0 atom stereocenters. The van der Waals surface area contributed by atoms with E-state index in [0.29, 0.717) is 24.7 Å². The lowest BCUT2D eigenvalue weighted by atomic mass is 10.0. The third kappa shape index (κ3) is 5.61. The van der Waals surface area contributed by atoms with Crippen molar-refractivity contribution in [1.29, 1.82) is 0 Å². The molecule has 0 unspecified atom stereocenters. The molecule has 1 N–H and O–H groups in total. The van der Waals surface area contributed by atoms with Gasteiger partial charge in [0.05, 0.1) is 0 Å². The number of amides is 1. The fraction of sp³-hybridized carbons (Fsp3) is 0.208. The Hall–Kier alpha value is -3.27. The van der Waals surface area contributed by atoms with Gasteiger partial charge in [-0.25, -0.2) is 0 Å². The maximum Gasteiger partial charge on any atom is 0.255 e. The van der Waals surface area contributed by atoms with Crippen LogP contribution >= 0.6 is 0 Å². The Bertz CT molecular complexity index is 872. The van der Waals surface area contributed by atoms with Crippen LogP contribution in [-0.2, 0) is 0 Å². The molecule has 0 aliphatic rings. The third-order valence-corrected chi connectivity index (χ3v) is 4.32. The molecule has 0 aromatic heterocycles. The molecule has 28 heavy (non-hydrogen) atoms. The number of hydrogen-bond acceptors (Lipinski definition) is 3. The molecule has 0 saturated carbocycles. The fourth-order valence-electron chi connectivity index (χ4n) is 2.69. The molecule has 1 amide bonds. The minimum absolute atomic E-state index is 0.125. The summed E-state index contributed by atoms with van der Waals surface area (Å²) in [4.78, 5) is 12.4. The molecular weight excluding hydrogens is 350 g/mol. The van der Waals surface area contributed by atoms with E-state index in [1.807, 2.05) is 78.9 Å². The predicted molar refractivity (Wildman–Crippen MR) is 112 cm³/mol. The van der Waals surface area contributed by atoms with Crippen molar-refractivity contribution in [2.75, 3.05) is 18.5 Å². The van der Waals surface area contributed by atoms with Crippen LogP contribution in [0.5, 0.6) is 11.5 Å². The van der Waals surface area contributed by atoms with E-state index in [9.17, 15) is 4.79 Å². The highest BCUT2D eigenvalue weighted by Gasteiger charge is 2.07. The molecule has 144 valence electrons. The quantitative estimate of drug-likeness (QED) is 0.527. The number of carbonyl (C=O) groups excluding carboxylic acids is 1. The first-order valence-corrected chi connectivity index (χ1v) is 9.44. The van der Waals surface area contributed by atoms with E-state index in [1.54, 1.807) is 0 Å². The molecule has 0 radical (unpaired) electrons. The second-order valence-corrected chi connectivity index (χ2v) is 6.77. The molecular formula is C24H25NO3. The van der Waals surface area contributed by atoms with Gasteiger partial charge in [0.2, 0.25) is 0 Å². The summed E-state index contributed by atoms with van der Waals surface area (Å²) in [6.45, 7) is 5.18. The van der Waals surface area contributed by atoms with E-state index < -0.39 is 0 Å². The van der Waals surface area contributed by atoms with Crippen molar-refractivity contribution in [3.05, 3.63) is 90.0 Å². The minimum atomic E-state index is -0.125. The van der Waals surface area contributed by atoms with Crippen molar-refractivity contribution in [2.45, 2.75) is 19.8 Å². The molecule has 0 aliphatic heterocycles. The summed E-state index contributed by atoms with van der Waals surface area (Å²) in [5, 5.41) is 2.90. The van der Waals surface area contributed by atoms with Gasteiger partial charge < -0.3 is 14.8 Å². The van der Waals surface area contributed by atoms with E-state index >= 15 is 0 Å². The Labute approximate surface area is 166 Å². The Morgan fingerprint density at radius 1 is 0.786 bits per heavy atom. The van der Waals surface area contributed by atoms with Crippen LogP contribution in [0.1, 0.15) is 35.7 Å². The highest BCUT2D eigenvalue weighted by atomic mass is 16.5. The Kier molecular flexibility index (Phi) is 6.68. The van der Waals surface area contributed by atoms with E-state index in [0.717, 1.165) is 17.2 Å². The van der Waals surface area contributed by atoms with E-state index in [4.69, 9.17) is 9.47 Å². The summed E-state index contributed by atoms with van der Waals surface area (Å²) in [5.74, 6) is 1.88. The van der Waals surface area contributed by atoms with Crippen LogP contribution in [0.2, 0.25) is 0 Å². The lowest BCUT2D eigenvalue weighted by Gasteiger charge is -2.10. The van der Waals surface area contributed by atoms with Crippen LogP contribution in [0.4, 0.5) is 5.69 Å². The fourth-order valence-corrected chi connectivity index (χ4v) is 2.69. The van der Waals surface area contributed by atoms with Crippen LogP contribution in [0, 0.1) is 0 Å². The van der Waals surface area contributed by atoms with Crippen molar-refractivity contribution < 1.29 is 14.3 Å². The summed E-state index contributed by atoms with van der Waals surface area (Å²) in [6, 6.07) is 24.7.